The molecule has 0 atom stereocenters. The molecule has 0 radical (unpaired) electrons. The molecule has 0 heterocycles. The summed E-state index contributed by atoms with van der Waals surface area (Å²) in [5.41, 5.74) is -1.61. The molecule has 0 unspecified atom stereocenters. The van der Waals surface area contributed by atoms with Crippen molar-refractivity contribution in [1.82, 2.24) is 0 Å². The van der Waals surface area contributed by atoms with Gasteiger partial charge in [-0.05, 0) is 20.8 Å². The van der Waals surface area contributed by atoms with Crippen LogP contribution in [0.5, 0.6) is 5.75 Å². The fraction of sp³-hybridized carbons (Fsp3) is 0.417. The van der Waals surface area contributed by atoms with Gasteiger partial charge >= 0.3 is 11.7 Å². The van der Waals surface area contributed by atoms with Crippen LogP contribution < -0.4 is 4.74 Å². The van der Waals surface area contributed by atoms with Gasteiger partial charge in [-0.15, -0.1) is 0 Å². The predicted molar refractivity (Wildman–Crippen MR) is 71.5 cm³/mol. The molecule has 21 heavy (non-hydrogen) atoms. The van der Waals surface area contributed by atoms with Crippen LogP contribution in [0, 0.1) is 20.2 Å². The van der Waals surface area contributed by atoms with Crippen molar-refractivity contribution < 1.29 is 24.1 Å². The lowest BCUT2D eigenvalue weighted by Gasteiger charge is -2.10. The number of carbonyl (C=O) groups is 1. The molecule has 1 aromatic carbocycles. The van der Waals surface area contributed by atoms with Crippen molar-refractivity contribution in [3.63, 3.8) is 0 Å². The maximum Gasteiger partial charge on any atom is 0.345 e. The van der Waals surface area contributed by atoms with Gasteiger partial charge in [-0.3, -0.25) is 20.2 Å². The zero-order valence-corrected chi connectivity index (χ0v) is 11.7. The first-order valence-corrected chi connectivity index (χ1v) is 6.08. The molecule has 1 rings (SSSR count). The summed E-state index contributed by atoms with van der Waals surface area (Å²) in [7, 11) is 0. The fourth-order valence-electron chi connectivity index (χ4n) is 1.56. The standard InChI is InChI=1S/C12H14N2O7/c1-4-20-11-6-9(13(16)17)8(5-10(11)14(18)19)12(15)21-7(2)3/h5-7H,4H2,1-3H3. The van der Waals surface area contributed by atoms with Crippen LogP contribution in [-0.2, 0) is 4.74 Å². The maximum absolute atomic E-state index is 11.8. The summed E-state index contributed by atoms with van der Waals surface area (Å²) >= 11 is 0. The van der Waals surface area contributed by atoms with Gasteiger partial charge in [-0.1, -0.05) is 0 Å². The van der Waals surface area contributed by atoms with Gasteiger partial charge in [0.25, 0.3) is 5.69 Å². The van der Waals surface area contributed by atoms with Crippen LogP contribution in [0.3, 0.4) is 0 Å². The molecule has 0 spiro atoms. The van der Waals surface area contributed by atoms with E-state index in [0.29, 0.717) is 0 Å². The summed E-state index contributed by atoms with van der Waals surface area (Å²) in [6.45, 7) is 4.80. The van der Waals surface area contributed by atoms with Crippen LogP contribution in [0.2, 0.25) is 0 Å². The number of hydrogen-bond acceptors (Lipinski definition) is 7. The van der Waals surface area contributed by atoms with E-state index in [0.717, 1.165) is 12.1 Å². The van der Waals surface area contributed by atoms with Crippen molar-refractivity contribution in [1.29, 1.82) is 0 Å². The van der Waals surface area contributed by atoms with Gasteiger partial charge in [0.05, 0.1) is 28.6 Å². The Balaban J connectivity index is 3.46. The zero-order chi connectivity index (χ0) is 16.2. The van der Waals surface area contributed by atoms with Gasteiger partial charge in [0.15, 0.2) is 0 Å². The summed E-state index contributed by atoms with van der Waals surface area (Å²) < 4.78 is 9.86. The topological polar surface area (TPSA) is 122 Å². The number of carbonyl (C=O) groups excluding carboxylic acids is 1. The van der Waals surface area contributed by atoms with E-state index in [4.69, 9.17) is 9.47 Å². The van der Waals surface area contributed by atoms with Crippen molar-refractivity contribution in [2.24, 2.45) is 0 Å². The van der Waals surface area contributed by atoms with Gasteiger partial charge in [0, 0.05) is 6.07 Å². The average molecular weight is 298 g/mol. The number of nitro benzene ring substituents is 2. The minimum absolute atomic E-state index is 0.0911. The second kappa shape index (κ2) is 6.64. The SMILES string of the molecule is CCOc1cc([N+](=O)[O-])c(C(=O)OC(C)C)cc1[N+](=O)[O-]. The maximum atomic E-state index is 11.8. The van der Waals surface area contributed by atoms with E-state index in [9.17, 15) is 25.0 Å². The van der Waals surface area contributed by atoms with Crippen LogP contribution in [0.25, 0.3) is 0 Å². The third-order valence-corrected chi connectivity index (χ3v) is 2.33. The molecule has 0 amide bonds. The number of esters is 1. The molecule has 0 aliphatic rings. The molecular formula is C12H14N2O7. The highest BCUT2D eigenvalue weighted by Crippen LogP contribution is 2.35. The molecule has 114 valence electrons. The van der Waals surface area contributed by atoms with Crippen molar-refractivity contribution in [3.8, 4) is 5.75 Å². The Labute approximate surface area is 119 Å². The highest BCUT2D eigenvalue weighted by Gasteiger charge is 2.30. The second-order valence-electron chi connectivity index (χ2n) is 4.24. The first kappa shape index (κ1) is 16.3. The molecular weight excluding hydrogens is 284 g/mol. The molecule has 0 saturated heterocycles. The normalized spacial score (nSPS) is 10.3. The fourth-order valence-corrected chi connectivity index (χ4v) is 1.56. The lowest BCUT2D eigenvalue weighted by molar-refractivity contribution is -0.390. The second-order valence-corrected chi connectivity index (χ2v) is 4.24. The number of nitro groups is 2. The first-order chi connectivity index (χ1) is 9.77. The van der Waals surface area contributed by atoms with Crippen molar-refractivity contribution in [2.75, 3.05) is 6.61 Å². The molecule has 1 aromatic rings. The minimum Gasteiger partial charge on any atom is -0.487 e. The largest absolute Gasteiger partial charge is 0.487 e. The van der Waals surface area contributed by atoms with Gasteiger partial charge in [-0.25, -0.2) is 4.79 Å². The zero-order valence-electron chi connectivity index (χ0n) is 11.7. The molecule has 0 aliphatic heterocycles. The quantitative estimate of drug-likeness (QED) is 0.449. The van der Waals surface area contributed by atoms with Gasteiger partial charge in [-0.2, -0.15) is 0 Å². The van der Waals surface area contributed by atoms with E-state index in [2.05, 4.69) is 0 Å². The van der Waals surface area contributed by atoms with Gasteiger partial charge < -0.3 is 9.47 Å². The van der Waals surface area contributed by atoms with Crippen LogP contribution >= 0.6 is 0 Å². The summed E-state index contributed by atoms with van der Waals surface area (Å²) in [4.78, 5) is 32.2. The van der Waals surface area contributed by atoms with E-state index in [1.807, 2.05) is 0 Å². The molecule has 0 bridgehead atoms. The molecule has 9 nitrogen and oxygen atoms in total. The number of benzene rings is 1. The van der Waals surface area contributed by atoms with Crippen LogP contribution in [0.15, 0.2) is 12.1 Å². The lowest BCUT2D eigenvalue weighted by atomic mass is 10.1. The molecule has 0 aromatic heterocycles. The Morgan fingerprint density at radius 3 is 2.19 bits per heavy atom. The monoisotopic (exact) mass is 298 g/mol. The summed E-state index contributed by atoms with van der Waals surface area (Å²) in [6.07, 6.45) is -0.511. The van der Waals surface area contributed by atoms with Crippen LogP contribution in [-0.4, -0.2) is 28.5 Å². The van der Waals surface area contributed by atoms with Crippen LogP contribution in [0.1, 0.15) is 31.1 Å². The van der Waals surface area contributed by atoms with Crippen molar-refractivity contribution in [3.05, 3.63) is 37.9 Å². The Hall–Kier alpha value is -2.71. The van der Waals surface area contributed by atoms with Crippen LogP contribution in [0.4, 0.5) is 11.4 Å². The van der Waals surface area contributed by atoms with E-state index in [1.165, 1.54) is 0 Å². The lowest BCUT2D eigenvalue weighted by Crippen LogP contribution is -2.14. The predicted octanol–water partition coefficient (Wildman–Crippen LogP) is 2.47. The highest BCUT2D eigenvalue weighted by molar-refractivity contribution is 5.95. The van der Waals surface area contributed by atoms with Crippen molar-refractivity contribution in [2.45, 2.75) is 26.9 Å². The minimum atomic E-state index is -0.997. The van der Waals surface area contributed by atoms with E-state index < -0.39 is 38.9 Å². The number of ether oxygens (including phenoxy) is 2. The molecule has 0 aliphatic carbocycles. The third kappa shape index (κ3) is 3.88. The Morgan fingerprint density at radius 1 is 1.19 bits per heavy atom. The average Bonchev–Trinajstić information content (AvgIpc) is 2.37. The Kier molecular flexibility index (Phi) is 5.17. The van der Waals surface area contributed by atoms with Gasteiger partial charge in [0.1, 0.15) is 5.56 Å². The molecule has 0 fully saturated rings. The van der Waals surface area contributed by atoms with Gasteiger partial charge in [0.2, 0.25) is 5.75 Å². The number of nitrogens with zero attached hydrogens (tertiary/aromatic N) is 2. The van der Waals surface area contributed by atoms with E-state index in [-0.39, 0.29) is 12.4 Å². The highest BCUT2D eigenvalue weighted by atomic mass is 16.6. The van der Waals surface area contributed by atoms with Crippen molar-refractivity contribution >= 4 is 17.3 Å². The number of hydrogen-bond donors (Lipinski definition) is 0. The molecule has 0 saturated carbocycles. The Bertz CT molecular complexity index is 583. The smallest absolute Gasteiger partial charge is 0.345 e. The first-order valence-electron chi connectivity index (χ1n) is 6.08. The van der Waals surface area contributed by atoms with E-state index in [1.54, 1.807) is 20.8 Å². The summed E-state index contributed by atoms with van der Waals surface area (Å²) in [5.74, 6) is -1.27. The third-order valence-electron chi connectivity index (χ3n) is 2.33. The summed E-state index contributed by atoms with van der Waals surface area (Å²) in [5, 5.41) is 22.0. The number of rotatable bonds is 6. The Morgan fingerprint density at radius 2 is 1.76 bits per heavy atom. The summed E-state index contributed by atoms with van der Waals surface area (Å²) in [6, 6.07) is 1.66. The van der Waals surface area contributed by atoms with E-state index >= 15 is 0 Å². The molecule has 0 N–H and O–H groups in total. The molecule has 9 heteroatoms.